The molecule has 5 heterocycles. The van der Waals surface area contributed by atoms with E-state index in [-0.39, 0.29) is 11.7 Å². The number of allylic oxidation sites excluding steroid dienone is 1. The van der Waals surface area contributed by atoms with E-state index in [4.69, 9.17) is 22.1 Å². The average molecular weight is 510 g/mol. The van der Waals surface area contributed by atoms with E-state index in [0.717, 1.165) is 24.3 Å². The number of rotatable bonds is 5. The fourth-order valence-electron chi connectivity index (χ4n) is 5.14. The predicted molar refractivity (Wildman–Crippen MR) is 126 cm³/mol. The van der Waals surface area contributed by atoms with Crippen molar-refractivity contribution in [1.29, 1.82) is 0 Å². The highest BCUT2D eigenvalue weighted by Gasteiger charge is 2.60. The molecule has 11 heteroatoms. The molecule has 0 aromatic carbocycles. The largest absolute Gasteiger partial charge is 0.369 e. The van der Waals surface area contributed by atoms with Crippen molar-refractivity contribution in [2.45, 2.75) is 49.5 Å². The minimum absolute atomic E-state index is 0.0870. The lowest BCUT2D eigenvalue weighted by atomic mass is 9.77. The third-order valence-electron chi connectivity index (χ3n) is 6.98. The standard InChI is InChI=1S/C23H26ClF2N5O2S/c1-14-16(12-31(29-14)21-15(9-19(27)32)3-2-6-28-21)11-30-7-4-22(5-8-30)20-17(10-18(24)34-20)23(25,26)13-33-22/h2-3,6,10,12,17,20H,4-5,7-9,11,13H2,1H3,(H2,27,32). The van der Waals surface area contributed by atoms with Crippen LogP contribution < -0.4 is 5.73 Å². The lowest BCUT2D eigenvalue weighted by Crippen LogP contribution is -2.61. The molecule has 182 valence electrons. The van der Waals surface area contributed by atoms with Crippen LogP contribution in [0.25, 0.3) is 5.82 Å². The molecular weight excluding hydrogens is 484 g/mol. The van der Waals surface area contributed by atoms with Gasteiger partial charge in [0.15, 0.2) is 5.82 Å². The first-order valence-electron chi connectivity index (χ1n) is 11.2. The Labute approximate surface area is 205 Å². The summed E-state index contributed by atoms with van der Waals surface area (Å²) in [5.41, 5.74) is 7.41. The molecule has 2 unspecified atom stereocenters. The molecule has 2 aromatic heterocycles. The number of alkyl halides is 2. The van der Waals surface area contributed by atoms with E-state index in [1.54, 1.807) is 16.9 Å². The van der Waals surface area contributed by atoms with Gasteiger partial charge < -0.3 is 10.5 Å². The first-order chi connectivity index (χ1) is 16.2. The van der Waals surface area contributed by atoms with Crippen molar-refractivity contribution in [3.05, 3.63) is 51.8 Å². The number of fused-ring (bicyclic) bond motifs is 2. The molecule has 1 amide bonds. The third-order valence-corrected chi connectivity index (χ3v) is 8.71. The van der Waals surface area contributed by atoms with Crippen molar-refractivity contribution < 1.29 is 18.3 Å². The van der Waals surface area contributed by atoms with E-state index in [2.05, 4.69) is 15.0 Å². The van der Waals surface area contributed by atoms with Crippen LogP contribution in [0, 0.1) is 12.8 Å². The van der Waals surface area contributed by atoms with Crippen LogP contribution in [0.15, 0.2) is 35.0 Å². The van der Waals surface area contributed by atoms with Gasteiger partial charge in [-0.25, -0.2) is 18.4 Å². The van der Waals surface area contributed by atoms with Gasteiger partial charge in [0.05, 0.1) is 33.2 Å². The Balaban J connectivity index is 1.28. The number of carbonyl (C=O) groups is 1. The van der Waals surface area contributed by atoms with Gasteiger partial charge in [-0.05, 0) is 31.9 Å². The quantitative estimate of drug-likeness (QED) is 0.664. The summed E-state index contributed by atoms with van der Waals surface area (Å²) in [6, 6.07) is 3.58. The summed E-state index contributed by atoms with van der Waals surface area (Å²) < 4.78 is 36.8. The average Bonchev–Trinajstić information content (AvgIpc) is 3.37. The Morgan fingerprint density at radius 1 is 1.35 bits per heavy atom. The van der Waals surface area contributed by atoms with Gasteiger partial charge in [0.2, 0.25) is 5.91 Å². The smallest absolute Gasteiger partial charge is 0.278 e. The van der Waals surface area contributed by atoms with Crippen LogP contribution in [0.4, 0.5) is 8.78 Å². The molecule has 2 N–H and O–H groups in total. The zero-order valence-electron chi connectivity index (χ0n) is 18.7. The number of amides is 1. The first-order valence-corrected chi connectivity index (χ1v) is 12.5. The van der Waals surface area contributed by atoms with Crippen LogP contribution in [-0.4, -0.2) is 62.0 Å². The second-order valence-corrected chi connectivity index (χ2v) is 11.1. The molecule has 0 saturated carbocycles. The molecule has 34 heavy (non-hydrogen) atoms. The van der Waals surface area contributed by atoms with Crippen LogP contribution in [0.2, 0.25) is 0 Å². The number of nitrogens with zero attached hydrogens (tertiary/aromatic N) is 4. The maximum atomic E-state index is 14.4. The number of aryl methyl sites for hydroxylation is 1. The normalized spacial score (nSPS) is 25.8. The molecule has 1 spiro atoms. The lowest BCUT2D eigenvalue weighted by Gasteiger charge is -2.51. The Hall–Kier alpha value is -2.01. The van der Waals surface area contributed by atoms with Gasteiger partial charge in [-0.3, -0.25) is 9.69 Å². The molecule has 2 aromatic rings. The monoisotopic (exact) mass is 509 g/mol. The molecule has 0 radical (unpaired) electrons. The maximum absolute atomic E-state index is 14.4. The Kier molecular flexibility index (Phi) is 6.20. The lowest BCUT2D eigenvalue weighted by molar-refractivity contribution is -0.215. The van der Waals surface area contributed by atoms with E-state index >= 15 is 0 Å². The number of piperidine rings is 1. The van der Waals surface area contributed by atoms with Gasteiger partial charge in [-0.2, -0.15) is 5.10 Å². The number of halogens is 3. The van der Waals surface area contributed by atoms with Crippen molar-refractivity contribution >= 4 is 29.3 Å². The second kappa shape index (κ2) is 8.89. The zero-order valence-corrected chi connectivity index (χ0v) is 20.3. The Morgan fingerprint density at radius 3 is 2.85 bits per heavy atom. The number of nitrogens with two attached hydrogens (primary N) is 1. The van der Waals surface area contributed by atoms with Crippen LogP contribution in [0.5, 0.6) is 0 Å². The molecule has 2 atom stereocenters. The summed E-state index contributed by atoms with van der Waals surface area (Å²) in [6.07, 6.45) is 6.52. The van der Waals surface area contributed by atoms with Gasteiger partial charge in [0.25, 0.3) is 5.92 Å². The third kappa shape index (κ3) is 4.36. The van der Waals surface area contributed by atoms with Crippen molar-refractivity contribution in [3.63, 3.8) is 0 Å². The summed E-state index contributed by atoms with van der Waals surface area (Å²) in [4.78, 5) is 18.1. The highest BCUT2D eigenvalue weighted by atomic mass is 35.5. The molecular formula is C23H26ClF2N5O2S. The number of primary amides is 1. The summed E-state index contributed by atoms with van der Waals surface area (Å²) in [7, 11) is 0. The van der Waals surface area contributed by atoms with Gasteiger partial charge in [-0.1, -0.05) is 17.7 Å². The van der Waals surface area contributed by atoms with Crippen LogP contribution in [-0.2, 0) is 22.5 Å². The highest BCUT2D eigenvalue weighted by molar-refractivity contribution is 8.05. The van der Waals surface area contributed by atoms with E-state index in [1.807, 2.05) is 19.2 Å². The molecule has 3 aliphatic heterocycles. The summed E-state index contributed by atoms with van der Waals surface area (Å²) in [6.45, 7) is 3.52. The van der Waals surface area contributed by atoms with Crippen molar-refractivity contribution in [1.82, 2.24) is 19.7 Å². The molecule has 2 saturated heterocycles. The van der Waals surface area contributed by atoms with E-state index in [0.29, 0.717) is 35.1 Å². The number of hydrogen-bond donors (Lipinski definition) is 1. The number of aromatic nitrogens is 3. The maximum Gasteiger partial charge on any atom is 0.278 e. The van der Waals surface area contributed by atoms with E-state index in [1.165, 1.54) is 17.8 Å². The number of hydrogen-bond acceptors (Lipinski definition) is 6. The number of ether oxygens (including phenoxy) is 1. The topological polar surface area (TPSA) is 86.3 Å². The Morgan fingerprint density at radius 2 is 2.12 bits per heavy atom. The minimum Gasteiger partial charge on any atom is -0.369 e. The first kappa shape index (κ1) is 23.7. The number of likely N-dealkylation sites (tertiary alicyclic amines) is 1. The van der Waals surface area contributed by atoms with Crippen LogP contribution in [0.3, 0.4) is 0 Å². The van der Waals surface area contributed by atoms with Crippen molar-refractivity contribution in [3.8, 4) is 5.82 Å². The molecule has 0 bridgehead atoms. The van der Waals surface area contributed by atoms with Gasteiger partial charge in [-0.15, -0.1) is 11.8 Å². The second-order valence-electron chi connectivity index (χ2n) is 9.24. The van der Waals surface area contributed by atoms with Crippen molar-refractivity contribution in [2.24, 2.45) is 11.7 Å². The van der Waals surface area contributed by atoms with E-state index in [9.17, 15) is 13.6 Å². The molecule has 7 nitrogen and oxygen atoms in total. The summed E-state index contributed by atoms with van der Waals surface area (Å²) >= 11 is 7.47. The Bertz CT molecular complexity index is 1130. The van der Waals surface area contributed by atoms with Crippen LogP contribution in [0.1, 0.15) is 29.7 Å². The number of pyridine rings is 1. The highest BCUT2D eigenvalue weighted by Crippen LogP contribution is 2.56. The number of carbonyl (C=O) groups excluding carboxylic acids is 1. The number of thioether (sulfide) groups is 1. The minimum atomic E-state index is -2.89. The van der Waals surface area contributed by atoms with E-state index < -0.39 is 30.0 Å². The fourth-order valence-corrected chi connectivity index (χ4v) is 6.97. The summed E-state index contributed by atoms with van der Waals surface area (Å²) in [5.74, 6) is -3.61. The van der Waals surface area contributed by atoms with Gasteiger partial charge in [0, 0.05) is 43.2 Å². The van der Waals surface area contributed by atoms with Gasteiger partial charge in [0.1, 0.15) is 6.61 Å². The molecule has 2 fully saturated rings. The zero-order chi connectivity index (χ0) is 24.1. The van der Waals surface area contributed by atoms with Gasteiger partial charge >= 0.3 is 0 Å². The molecule has 5 rings (SSSR count). The summed E-state index contributed by atoms with van der Waals surface area (Å²) in [5, 5.41) is 4.25. The van der Waals surface area contributed by atoms with Crippen molar-refractivity contribution in [2.75, 3.05) is 19.7 Å². The molecule has 3 aliphatic rings. The fraction of sp³-hybridized carbons (Fsp3) is 0.522. The SMILES string of the molecule is Cc1nn(-c2ncccc2CC(N)=O)cc1CN1CCC2(CC1)OCC(F)(F)C1C=C(Cl)SC12. The predicted octanol–water partition coefficient (Wildman–Crippen LogP) is 3.42. The molecule has 0 aliphatic carbocycles. The van der Waals surface area contributed by atoms with Crippen LogP contribution >= 0.6 is 23.4 Å².